The Kier molecular flexibility index (Phi) is 5.50. The van der Waals surface area contributed by atoms with Crippen molar-refractivity contribution in [3.8, 4) is 5.75 Å². The first kappa shape index (κ1) is 17.2. The summed E-state index contributed by atoms with van der Waals surface area (Å²) in [6.45, 7) is 5.00. The van der Waals surface area contributed by atoms with Crippen LogP contribution in [0.5, 0.6) is 5.75 Å². The number of para-hydroxylation sites is 1. The first-order chi connectivity index (χ1) is 12.2. The third kappa shape index (κ3) is 4.09. The Labute approximate surface area is 147 Å². The van der Waals surface area contributed by atoms with E-state index >= 15 is 0 Å². The van der Waals surface area contributed by atoms with Crippen LogP contribution in [0.4, 0.5) is 5.82 Å². The lowest BCUT2D eigenvalue weighted by atomic mass is 10.1. The number of carbonyl (C=O) groups excluding carboxylic acids is 1. The van der Waals surface area contributed by atoms with E-state index in [-0.39, 0.29) is 11.9 Å². The zero-order chi connectivity index (χ0) is 17.6. The third-order valence-electron chi connectivity index (χ3n) is 4.30. The highest BCUT2D eigenvalue weighted by molar-refractivity contribution is 5.94. The molecule has 1 unspecified atom stereocenters. The maximum Gasteiger partial charge on any atom is 0.253 e. The predicted octanol–water partition coefficient (Wildman–Crippen LogP) is 2.42. The van der Waals surface area contributed by atoms with Crippen molar-refractivity contribution in [3.63, 3.8) is 0 Å². The van der Waals surface area contributed by atoms with Gasteiger partial charge in [0, 0.05) is 24.8 Å². The molecule has 1 aliphatic heterocycles. The molecule has 0 spiro atoms. The molecule has 132 valence electrons. The molecule has 25 heavy (non-hydrogen) atoms. The van der Waals surface area contributed by atoms with Gasteiger partial charge in [-0.3, -0.25) is 4.79 Å². The number of nitrogens with zero attached hydrogens (tertiary/aromatic N) is 2. The Morgan fingerprint density at radius 1 is 1.24 bits per heavy atom. The van der Waals surface area contributed by atoms with Crippen LogP contribution in [0.25, 0.3) is 0 Å². The SMILES string of the molecule is COc1ccccc1C(C)NC(=O)c1ccc(N2CCOCC2)nc1. The number of amides is 1. The van der Waals surface area contributed by atoms with Gasteiger partial charge in [-0.1, -0.05) is 18.2 Å². The van der Waals surface area contributed by atoms with Gasteiger partial charge in [0.2, 0.25) is 0 Å². The second-order valence-corrected chi connectivity index (χ2v) is 5.94. The van der Waals surface area contributed by atoms with E-state index in [0.29, 0.717) is 18.8 Å². The minimum atomic E-state index is -0.164. The average Bonchev–Trinajstić information content (AvgIpc) is 2.68. The Morgan fingerprint density at radius 2 is 2.00 bits per heavy atom. The summed E-state index contributed by atoms with van der Waals surface area (Å²) in [5, 5.41) is 2.99. The van der Waals surface area contributed by atoms with Crippen molar-refractivity contribution in [3.05, 3.63) is 53.7 Å². The van der Waals surface area contributed by atoms with Crippen LogP contribution in [0.1, 0.15) is 28.9 Å². The Balaban J connectivity index is 1.66. The van der Waals surface area contributed by atoms with Gasteiger partial charge in [0.1, 0.15) is 11.6 Å². The number of hydrogen-bond acceptors (Lipinski definition) is 5. The van der Waals surface area contributed by atoms with E-state index in [1.807, 2.05) is 43.3 Å². The maximum atomic E-state index is 12.5. The summed E-state index contributed by atoms with van der Waals surface area (Å²) in [7, 11) is 1.63. The smallest absolute Gasteiger partial charge is 0.253 e. The number of anilines is 1. The number of aromatic nitrogens is 1. The fourth-order valence-electron chi connectivity index (χ4n) is 2.88. The van der Waals surface area contributed by atoms with Gasteiger partial charge in [-0.2, -0.15) is 0 Å². The van der Waals surface area contributed by atoms with E-state index in [1.165, 1.54) is 0 Å². The number of ether oxygens (including phenoxy) is 2. The van der Waals surface area contributed by atoms with Crippen LogP contribution in [0.3, 0.4) is 0 Å². The van der Waals surface area contributed by atoms with Crippen LogP contribution in [0, 0.1) is 0 Å². The van der Waals surface area contributed by atoms with Crippen LogP contribution in [-0.2, 0) is 4.74 Å². The van der Waals surface area contributed by atoms with E-state index in [0.717, 1.165) is 30.2 Å². The molecular formula is C19H23N3O3. The second kappa shape index (κ2) is 7.98. The zero-order valence-corrected chi connectivity index (χ0v) is 14.6. The molecule has 1 aromatic heterocycles. The van der Waals surface area contributed by atoms with E-state index in [2.05, 4.69) is 15.2 Å². The van der Waals surface area contributed by atoms with Crippen molar-refractivity contribution in [2.45, 2.75) is 13.0 Å². The van der Waals surface area contributed by atoms with Gasteiger partial charge in [-0.25, -0.2) is 4.98 Å². The number of benzene rings is 1. The molecule has 1 fully saturated rings. The highest BCUT2D eigenvalue weighted by atomic mass is 16.5. The third-order valence-corrected chi connectivity index (χ3v) is 4.30. The summed E-state index contributed by atoms with van der Waals surface area (Å²) in [6, 6.07) is 11.2. The second-order valence-electron chi connectivity index (χ2n) is 5.94. The number of morpholine rings is 1. The molecule has 0 bridgehead atoms. The molecule has 3 rings (SSSR count). The lowest BCUT2D eigenvalue weighted by Crippen LogP contribution is -2.36. The molecule has 6 nitrogen and oxygen atoms in total. The Morgan fingerprint density at radius 3 is 2.68 bits per heavy atom. The molecule has 0 saturated carbocycles. The van der Waals surface area contributed by atoms with Crippen LogP contribution in [-0.4, -0.2) is 44.3 Å². The fraction of sp³-hybridized carbons (Fsp3) is 0.368. The normalized spacial score (nSPS) is 15.5. The molecule has 0 aliphatic carbocycles. The number of rotatable bonds is 5. The number of nitrogens with one attached hydrogen (secondary N) is 1. The van der Waals surface area contributed by atoms with Crippen molar-refractivity contribution >= 4 is 11.7 Å². The van der Waals surface area contributed by atoms with Gasteiger partial charge in [0.25, 0.3) is 5.91 Å². The minimum absolute atomic E-state index is 0.153. The Bertz CT molecular complexity index is 712. The first-order valence-electron chi connectivity index (χ1n) is 8.41. The molecular weight excluding hydrogens is 318 g/mol. The van der Waals surface area contributed by atoms with Crippen molar-refractivity contribution < 1.29 is 14.3 Å². The van der Waals surface area contributed by atoms with Crippen molar-refractivity contribution in [1.82, 2.24) is 10.3 Å². The summed E-state index contributed by atoms with van der Waals surface area (Å²) >= 11 is 0. The molecule has 2 aromatic rings. The quantitative estimate of drug-likeness (QED) is 0.905. The summed E-state index contributed by atoms with van der Waals surface area (Å²) in [5.41, 5.74) is 1.48. The van der Waals surface area contributed by atoms with Gasteiger partial charge in [-0.15, -0.1) is 0 Å². The van der Waals surface area contributed by atoms with Crippen molar-refractivity contribution in [2.75, 3.05) is 38.3 Å². The molecule has 2 heterocycles. The van der Waals surface area contributed by atoms with Gasteiger partial charge < -0.3 is 19.7 Å². The summed E-state index contributed by atoms with van der Waals surface area (Å²) < 4.78 is 10.7. The minimum Gasteiger partial charge on any atom is -0.496 e. The van der Waals surface area contributed by atoms with E-state index in [1.54, 1.807) is 13.3 Å². The Hall–Kier alpha value is -2.60. The predicted molar refractivity (Wildman–Crippen MR) is 96.1 cm³/mol. The van der Waals surface area contributed by atoms with E-state index in [4.69, 9.17) is 9.47 Å². The molecule has 1 aromatic carbocycles. The molecule has 1 atom stereocenters. The van der Waals surface area contributed by atoms with Crippen LogP contribution in [0.15, 0.2) is 42.6 Å². The van der Waals surface area contributed by atoms with Crippen LogP contribution in [0.2, 0.25) is 0 Å². The monoisotopic (exact) mass is 341 g/mol. The van der Waals surface area contributed by atoms with E-state index < -0.39 is 0 Å². The molecule has 1 amide bonds. The lowest BCUT2D eigenvalue weighted by Gasteiger charge is -2.27. The number of methoxy groups -OCH3 is 1. The molecule has 1 N–H and O–H groups in total. The van der Waals surface area contributed by atoms with Crippen LogP contribution < -0.4 is 15.0 Å². The highest BCUT2D eigenvalue weighted by Crippen LogP contribution is 2.24. The van der Waals surface area contributed by atoms with Gasteiger partial charge in [-0.05, 0) is 25.1 Å². The number of pyridine rings is 1. The largest absolute Gasteiger partial charge is 0.496 e. The molecule has 1 saturated heterocycles. The number of hydrogen-bond donors (Lipinski definition) is 1. The molecule has 0 radical (unpaired) electrons. The topological polar surface area (TPSA) is 63.7 Å². The van der Waals surface area contributed by atoms with Crippen molar-refractivity contribution in [2.24, 2.45) is 0 Å². The maximum absolute atomic E-state index is 12.5. The molecule has 1 aliphatic rings. The fourth-order valence-corrected chi connectivity index (χ4v) is 2.88. The first-order valence-corrected chi connectivity index (χ1v) is 8.41. The average molecular weight is 341 g/mol. The van der Waals surface area contributed by atoms with Gasteiger partial charge >= 0.3 is 0 Å². The van der Waals surface area contributed by atoms with Gasteiger partial charge in [0.05, 0.1) is 31.9 Å². The van der Waals surface area contributed by atoms with Crippen molar-refractivity contribution in [1.29, 1.82) is 0 Å². The summed E-state index contributed by atoms with van der Waals surface area (Å²) in [4.78, 5) is 19.1. The highest BCUT2D eigenvalue weighted by Gasteiger charge is 2.16. The summed E-state index contributed by atoms with van der Waals surface area (Å²) in [6.07, 6.45) is 1.62. The standard InChI is InChI=1S/C19H23N3O3/c1-14(16-5-3-4-6-17(16)24-2)21-19(23)15-7-8-18(20-13-15)22-9-11-25-12-10-22/h3-8,13-14H,9-12H2,1-2H3,(H,21,23). The lowest BCUT2D eigenvalue weighted by molar-refractivity contribution is 0.0939. The molecule has 6 heteroatoms. The summed E-state index contributed by atoms with van der Waals surface area (Å²) in [5.74, 6) is 1.48. The van der Waals surface area contributed by atoms with E-state index in [9.17, 15) is 4.79 Å². The number of carbonyl (C=O) groups is 1. The van der Waals surface area contributed by atoms with Crippen LogP contribution >= 0.6 is 0 Å². The van der Waals surface area contributed by atoms with Gasteiger partial charge in [0.15, 0.2) is 0 Å². The zero-order valence-electron chi connectivity index (χ0n) is 14.6.